The van der Waals surface area contributed by atoms with Crippen molar-refractivity contribution in [3.05, 3.63) is 35.4 Å². The van der Waals surface area contributed by atoms with Gasteiger partial charge in [-0.2, -0.15) is 0 Å². The van der Waals surface area contributed by atoms with Gasteiger partial charge in [0, 0.05) is 11.8 Å². The van der Waals surface area contributed by atoms with Gasteiger partial charge in [-0.25, -0.2) is 0 Å². The van der Waals surface area contributed by atoms with E-state index in [1.54, 1.807) is 0 Å². The smallest absolute Gasteiger partial charge is 0.185 e. The summed E-state index contributed by atoms with van der Waals surface area (Å²) in [6, 6.07) is 7.99. The second kappa shape index (κ2) is 3.23. The fourth-order valence-electron chi connectivity index (χ4n) is 1.95. The maximum Gasteiger partial charge on any atom is 0.185 e. The predicted octanol–water partition coefficient (Wildman–Crippen LogP) is 3.40. The Balaban J connectivity index is 2.40. The molecule has 1 aromatic rings. The predicted molar refractivity (Wildman–Crippen MR) is 62.6 cm³/mol. The molecule has 1 nitrogen and oxygen atoms in total. The second-order valence-corrected chi connectivity index (χ2v) is 5.70. The monoisotopic (exact) mass is 242 g/mol. The van der Waals surface area contributed by atoms with Crippen molar-refractivity contribution in [2.24, 2.45) is 0 Å². The number of rotatable bonds is 1. The number of alkyl halides is 2. The molecular weight excluding hydrogens is 231 g/mol. The average Bonchev–Trinajstić information content (AvgIpc) is 2.18. The molecule has 0 amide bonds. The Morgan fingerprint density at radius 3 is 2.13 bits per heavy atom. The Hall–Kier alpha value is -0.530. The SMILES string of the molecule is Cc1ccc([C@@]2(C)CC(=O)C2(Cl)Cl)cc1. The van der Waals surface area contributed by atoms with Gasteiger partial charge < -0.3 is 0 Å². The zero-order valence-corrected chi connectivity index (χ0v) is 10.2. The number of Topliss-reactive ketones (excluding diaryl/α,β-unsaturated/α-hetero) is 1. The third-order valence-electron chi connectivity index (χ3n) is 3.25. The third kappa shape index (κ3) is 1.41. The Labute approximate surface area is 99.4 Å². The van der Waals surface area contributed by atoms with Crippen LogP contribution in [0.4, 0.5) is 0 Å². The van der Waals surface area contributed by atoms with Crippen LogP contribution in [0.3, 0.4) is 0 Å². The lowest BCUT2D eigenvalue weighted by Gasteiger charge is -2.48. The fraction of sp³-hybridized carbons (Fsp3) is 0.417. The second-order valence-electron chi connectivity index (χ2n) is 4.37. The molecular formula is C12H12Cl2O. The molecule has 80 valence electrons. The van der Waals surface area contributed by atoms with Crippen molar-refractivity contribution in [1.82, 2.24) is 0 Å². The van der Waals surface area contributed by atoms with Gasteiger partial charge in [-0.05, 0) is 12.5 Å². The van der Waals surface area contributed by atoms with Crippen molar-refractivity contribution in [3.8, 4) is 0 Å². The number of hydrogen-bond donors (Lipinski definition) is 0. The molecule has 0 spiro atoms. The van der Waals surface area contributed by atoms with Crippen LogP contribution in [0.15, 0.2) is 24.3 Å². The van der Waals surface area contributed by atoms with Gasteiger partial charge in [0.2, 0.25) is 0 Å². The molecule has 0 heterocycles. The van der Waals surface area contributed by atoms with Crippen LogP contribution in [0, 0.1) is 6.92 Å². The van der Waals surface area contributed by atoms with Crippen LogP contribution >= 0.6 is 23.2 Å². The summed E-state index contributed by atoms with van der Waals surface area (Å²) in [4.78, 5) is 11.3. The Kier molecular flexibility index (Phi) is 2.36. The summed E-state index contributed by atoms with van der Waals surface area (Å²) in [7, 11) is 0. The van der Waals surface area contributed by atoms with Crippen molar-refractivity contribution < 1.29 is 4.79 Å². The van der Waals surface area contributed by atoms with Gasteiger partial charge in [0.1, 0.15) is 0 Å². The van der Waals surface area contributed by atoms with Crippen molar-refractivity contribution >= 4 is 29.0 Å². The molecule has 1 aliphatic carbocycles. The standard InChI is InChI=1S/C12H12Cl2O/c1-8-3-5-9(6-4-8)11(2)7-10(15)12(11,13)14/h3-6H,7H2,1-2H3/t11-/m1/s1. The van der Waals surface area contributed by atoms with Crippen molar-refractivity contribution in [1.29, 1.82) is 0 Å². The number of ketones is 1. The zero-order valence-electron chi connectivity index (χ0n) is 8.68. The molecule has 2 rings (SSSR count). The van der Waals surface area contributed by atoms with E-state index >= 15 is 0 Å². The van der Waals surface area contributed by atoms with E-state index in [4.69, 9.17) is 23.2 Å². The number of benzene rings is 1. The Bertz CT molecular complexity index is 408. The van der Waals surface area contributed by atoms with E-state index in [0.29, 0.717) is 6.42 Å². The molecule has 0 N–H and O–H groups in total. The molecule has 1 atom stereocenters. The molecule has 3 heteroatoms. The van der Waals surface area contributed by atoms with Gasteiger partial charge in [0.15, 0.2) is 10.1 Å². The highest BCUT2D eigenvalue weighted by Gasteiger charge is 2.62. The highest BCUT2D eigenvalue weighted by molar-refractivity contribution is 6.61. The van der Waals surface area contributed by atoms with Gasteiger partial charge in [0.25, 0.3) is 0 Å². The molecule has 0 aromatic heterocycles. The van der Waals surface area contributed by atoms with Crippen LogP contribution < -0.4 is 0 Å². The normalized spacial score (nSPS) is 28.7. The third-order valence-corrected chi connectivity index (χ3v) is 4.50. The van der Waals surface area contributed by atoms with Crippen molar-refractivity contribution in [2.45, 2.75) is 30.0 Å². The van der Waals surface area contributed by atoms with E-state index < -0.39 is 9.75 Å². The first-order valence-corrected chi connectivity index (χ1v) is 5.62. The first kappa shape index (κ1) is 11.0. The number of halogens is 2. The summed E-state index contributed by atoms with van der Waals surface area (Å²) in [5, 5.41) is 0. The zero-order chi connectivity index (χ0) is 11.3. The van der Waals surface area contributed by atoms with Gasteiger partial charge in [-0.3, -0.25) is 4.79 Å². The molecule has 0 aliphatic heterocycles. The summed E-state index contributed by atoms with van der Waals surface area (Å²) in [5.41, 5.74) is 1.77. The maximum absolute atomic E-state index is 11.3. The summed E-state index contributed by atoms with van der Waals surface area (Å²) < 4.78 is -1.26. The minimum absolute atomic E-state index is 0.0890. The Morgan fingerprint density at radius 2 is 1.73 bits per heavy atom. The van der Waals surface area contributed by atoms with Crippen LogP contribution in [0.5, 0.6) is 0 Å². The molecule has 15 heavy (non-hydrogen) atoms. The number of hydrogen-bond acceptors (Lipinski definition) is 1. The van der Waals surface area contributed by atoms with Crippen LogP contribution in [0.1, 0.15) is 24.5 Å². The van der Waals surface area contributed by atoms with Crippen LogP contribution in [-0.2, 0) is 10.2 Å². The van der Waals surface area contributed by atoms with E-state index in [1.807, 2.05) is 38.1 Å². The van der Waals surface area contributed by atoms with Gasteiger partial charge in [-0.15, -0.1) is 0 Å². The summed E-state index contributed by atoms with van der Waals surface area (Å²) in [6.45, 7) is 3.95. The lowest BCUT2D eigenvalue weighted by molar-refractivity contribution is -0.129. The molecule has 1 aliphatic rings. The largest absolute Gasteiger partial charge is 0.296 e. The van der Waals surface area contributed by atoms with E-state index in [9.17, 15) is 4.79 Å². The van der Waals surface area contributed by atoms with Crippen molar-refractivity contribution in [2.75, 3.05) is 0 Å². The molecule has 0 unspecified atom stereocenters. The van der Waals surface area contributed by atoms with Gasteiger partial charge in [-0.1, -0.05) is 60.0 Å². The van der Waals surface area contributed by atoms with E-state index in [2.05, 4.69) is 0 Å². The molecule has 1 fully saturated rings. The Morgan fingerprint density at radius 1 is 1.20 bits per heavy atom. The van der Waals surface area contributed by atoms with E-state index in [1.165, 1.54) is 5.56 Å². The lowest BCUT2D eigenvalue weighted by atomic mass is 9.64. The van der Waals surface area contributed by atoms with Crippen molar-refractivity contribution in [3.63, 3.8) is 0 Å². The first-order valence-electron chi connectivity index (χ1n) is 4.86. The van der Waals surface area contributed by atoms with Crippen LogP contribution in [0.2, 0.25) is 0 Å². The first-order chi connectivity index (χ1) is 6.88. The highest BCUT2D eigenvalue weighted by Crippen LogP contribution is 2.55. The quantitative estimate of drug-likeness (QED) is 0.691. The number of carbonyl (C=O) groups is 1. The molecule has 1 aromatic carbocycles. The number of aryl methyl sites for hydroxylation is 1. The summed E-state index contributed by atoms with van der Waals surface area (Å²) in [5.74, 6) is -0.0890. The molecule has 0 radical (unpaired) electrons. The number of carbonyl (C=O) groups excluding carboxylic acids is 1. The maximum atomic E-state index is 11.3. The highest BCUT2D eigenvalue weighted by atomic mass is 35.5. The van der Waals surface area contributed by atoms with E-state index in [-0.39, 0.29) is 5.78 Å². The van der Waals surface area contributed by atoms with Gasteiger partial charge >= 0.3 is 0 Å². The van der Waals surface area contributed by atoms with E-state index in [0.717, 1.165) is 5.56 Å². The minimum Gasteiger partial charge on any atom is -0.296 e. The summed E-state index contributed by atoms with van der Waals surface area (Å²) in [6.07, 6.45) is 0.420. The van der Waals surface area contributed by atoms with Crippen LogP contribution in [-0.4, -0.2) is 10.1 Å². The molecule has 1 saturated carbocycles. The topological polar surface area (TPSA) is 17.1 Å². The summed E-state index contributed by atoms with van der Waals surface area (Å²) >= 11 is 12.1. The fourth-order valence-corrected chi connectivity index (χ4v) is 2.43. The van der Waals surface area contributed by atoms with Crippen LogP contribution in [0.25, 0.3) is 0 Å². The van der Waals surface area contributed by atoms with Gasteiger partial charge in [0.05, 0.1) is 0 Å². The average molecular weight is 243 g/mol. The molecule has 0 bridgehead atoms. The molecule has 0 saturated heterocycles. The minimum atomic E-state index is -1.26. The lowest BCUT2D eigenvalue weighted by Crippen LogP contribution is -2.59.